The van der Waals surface area contributed by atoms with Crippen molar-refractivity contribution in [3.05, 3.63) is 81.1 Å². The molecule has 6 heteroatoms. The third kappa shape index (κ3) is 6.05. The molecule has 0 unspecified atom stereocenters. The number of unbranched alkanes of at least 4 members (excludes halogenated alkanes) is 1. The lowest BCUT2D eigenvalue weighted by atomic mass is 9.96. The van der Waals surface area contributed by atoms with Gasteiger partial charge in [0, 0.05) is 11.6 Å². The zero-order valence-corrected chi connectivity index (χ0v) is 18.4. The lowest BCUT2D eigenvalue weighted by Gasteiger charge is -2.13. The second-order valence-corrected chi connectivity index (χ2v) is 8.17. The fourth-order valence-corrected chi connectivity index (χ4v) is 3.89. The Labute approximate surface area is 181 Å². The Balaban J connectivity index is 1.60. The van der Waals surface area contributed by atoms with Gasteiger partial charge in [-0.25, -0.2) is 0 Å². The normalized spacial score (nSPS) is 11.6. The molecule has 29 heavy (non-hydrogen) atoms. The Morgan fingerprint density at radius 3 is 2.97 bits per heavy atom. The van der Waals surface area contributed by atoms with Crippen LogP contribution in [-0.4, -0.2) is 16.7 Å². The average Bonchev–Trinajstić information content (AvgIpc) is 3.39. The standard InChI is InChI=1S/C23H26ClN3OS/c1-4-5-6-19(21-14-20(24)8-7-16(21)2)9-11-25-17(3)23-26-22(28-27-23)13-18-10-12-29-15-18/h6-8,10,12,14-15,25H,3-5,9,11,13H2,1-2H3/b19-6-. The molecule has 152 valence electrons. The summed E-state index contributed by atoms with van der Waals surface area (Å²) < 4.78 is 5.35. The summed E-state index contributed by atoms with van der Waals surface area (Å²) in [4.78, 5) is 4.45. The second-order valence-electron chi connectivity index (χ2n) is 6.95. The lowest BCUT2D eigenvalue weighted by Crippen LogP contribution is -2.14. The summed E-state index contributed by atoms with van der Waals surface area (Å²) >= 11 is 7.89. The van der Waals surface area contributed by atoms with Crippen LogP contribution in [0.1, 0.15) is 54.6 Å². The van der Waals surface area contributed by atoms with Crippen molar-refractivity contribution < 1.29 is 4.52 Å². The van der Waals surface area contributed by atoms with Crippen LogP contribution < -0.4 is 5.32 Å². The van der Waals surface area contributed by atoms with Gasteiger partial charge < -0.3 is 9.84 Å². The van der Waals surface area contributed by atoms with E-state index < -0.39 is 0 Å². The number of hydrogen-bond acceptors (Lipinski definition) is 5. The number of rotatable bonds is 10. The molecule has 3 rings (SSSR count). The van der Waals surface area contributed by atoms with Crippen LogP contribution in [0.15, 0.2) is 52.2 Å². The number of nitrogens with zero attached hydrogens (tertiary/aromatic N) is 2. The zero-order chi connectivity index (χ0) is 20.6. The van der Waals surface area contributed by atoms with Gasteiger partial charge in [0.05, 0.1) is 12.1 Å². The number of aryl methyl sites for hydroxylation is 1. The maximum Gasteiger partial charge on any atom is 0.231 e. The highest BCUT2D eigenvalue weighted by molar-refractivity contribution is 7.07. The van der Waals surface area contributed by atoms with E-state index in [-0.39, 0.29) is 0 Å². The van der Waals surface area contributed by atoms with Crippen molar-refractivity contribution in [2.45, 2.75) is 39.5 Å². The van der Waals surface area contributed by atoms with Crippen molar-refractivity contribution in [2.75, 3.05) is 6.54 Å². The summed E-state index contributed by atoms with van der Waals surface area (Å²) in [6.45, 7) is 9.10. The van der Waals surface area contributed by atoms with E-state index in [0.29, 0.717) is 23.8 Å². The summed E-state index contributed by atoms with van der Waals surface area (Å²) in [7, 11) is 0. The Hall–Kier alpha value is -2.37. The first kappa shape index (κ1) is 21.3. The number of thiophene rings is 1. The highest BCUT2D eigenvalue weighted by Crippen LogP contribution is 2.26. The smallest absolute Gasteiger partial charge is 0.231 e. The number of aromatic nitrogens is 2. The van der Waals surface area contributed by atoms with Gasteiger partial charge in [-0.05, 0) is 71.0 Å². The largest absolute Gasteiger partial charge is 0.382 e. The number of hydrogen-bond donors (Lipinski definition) is 1. The van der Waals surface area contributed by atoms with Crippen LogP contribution >= 0.6 is 22.9 Å². The van der Waals surface area contributed by atoms with Gasteiger partial charge in [-0.15, -0.1) is 0 Å². The topological polar surface area (TPSA) is 51.0 Å². The molecule has 0 fully saturated rings. The summed E-state index contributed by atoms with van der Waals surface area (Å²) in [6, 6.07) is 8.10. The van der Waals surface area contributed by atoms with Gasteiger partial charge in [-0.3, -0.25) is 0 Å². The molecular weight excluding hydrogens is 402 g/mol. The maximum atomic E-state index is 6.23. The van der Waals surface area contributed by atoms with Crippen molar-refractivity contribution in [1.82, 2.24) is 15.5 Å². The van der Waals surface area contributed by atoms with Gasteiger partial charge >= 0.3 is 0 Å². The Morgan fingerprint density at radius 1 is 1.34 bits per heavy atom. The number of allylic oxidation sites excluding steroid dienone is 1. The van der Waals surface area contributed by atoms with Crippen molar-refractivity contribution in [1.29, 1.82) is 0 Å². The minimum Gasteiger partial charge on any atom is -0.382 e. The van der Waals surface area contributed by atoms with Crippen LogP contribution in [-0.2, 0) is 6.42 Å². The van der Waals surface area contributed by atoms with E-state index in [1.54, 1.807) is 11.3 Å². The first-order valence-corrected chi connectivity index (χ1v) is 11.1. The van der Waals surface area contributed by atoms with E-state index >= 15 is 0 Å². The molecule has 0 aliphatic heterocycles. The molecule has 0 saturated heterocycles. The first-order valence-electron chi connectivity index (χ1n) is 9.79. The Morgan fingerprint density at radius 2 is 2.21 bits per heavy atom. The van der Waals surface area contributed by atoms with Crippen molar-refractivity contribution in [2.24, 2.45) is 0 Å². The van der Waals surface area contributed by atoms with E-state index in [4.69, 9.17) is 16.1 Å². The molecule has 0 aliphatic carbocycles. The van der Waals surface area contributed by atoms with E-state index in [2.05, 4.69) is 59.5 Å². The molecule has 2 heterocycles. The monoisotopic (exact) mass is 427 g/mol. The average molecular weight is 428 g/mol. The highest BCUT2D eigenvalue weighted by Gasteiger charge is 2.11. The van der Waals surface area contributed by atoms with E-state index in [9.17, 15) is 0 Å². The van der Waals surface area contributed by atoms with Gasteiger partial charge in [-0.2, -0.15) is 16.3 Å². The van der Waals surface area contributed by atoms with E-state index in [1.165, 1.54) is 22.3 Å². The van der Waals surface area contributed by atoms with E-state index in [0.717, 1.165) is 30.8 Å². The number of halogens is 1. The Bertz CT molecular complexity index is 976. The van der Waals surface area contributed by atoms with Gasteiger partial charge in [0.15, 0.2) is 0 Å². The molecule has 0 aliphatic rings. The molecule has 0 amide bonds. The summed E-state index contributed by atoms with van der Waals surface area (Å²) in [5.74, 6) is 1.10. The van der Waals surface area contributed by atoms with Crippen LogP contribution in [0.2, 0.25) is 5.02 Å². The third-order valence-electron chi connectivity index (χ3n) is 4.63. The molecule has 3 aromatic rings. The van der Waals surface area contributed by atoms with Gasteiger partial charge in [0.2, 0.25) is 11.7 Å². The predicted octanol–water partition coefficient (Wildman–Crippen LogP) is 6.52. The molecule has 0 saturated carbocycles. The van der Waals surface area contributed by atoms with E-state index in [1.807, 2.05) is 17.5 Å². The van der Waals surface area contributed by atoms with Crippen molar-refractivity contribution in [3.63, 3.8) is 0 Å². The van der Waals surface area contributed by atoms with Gasteiger partial charge in [-0.1, -0.05) is 48.8 Å². The number of nitrogens with one attached hydrogen (secondary N) is 1. The second kappa shape index (κ2) is 10.4. The SMILES string of the molecule is C=C(NCC/C(=C/CCC)c1cc(Cl)ccc1C)c1noc(Cc2ccsc2)n1. The number of benzene rings is 1. The van der Waals surface area contributed by atoms with Crippen molar-refractivity contribution >= 4 is 34.2 Å². The summed E-state index contributed by atoms with van der Waals surface area (Å²) in [5.41, 5.74) is 5.57. The summed E-state index contributed by atoms with van der Waals surface area (Å²) in [5, 5.41) is 12.3. The minimum atomic E-state index is 0.508. The minimum absolute atomic E-state index is 0.508. The fraction of sp³-hybridized carbons (Fsp3) is 0.304. The zero-order valence-electron chi connectivity index (χ0n) is 16.9. The third-order valence-corrected chi connectivity index (χ3v) is 5.60. The maximum absolute atomic E-state index is 6.23. The van der Waals surface area contributed by atoms with Crippen LogP contribution in [0.4, 0.5) is 0 Å². The molecule has 0 atom stereocenters. The predicted molar refractivity (Wildman–Crippen MR) is 122 cm³/mol. The molecule has 4 nitrogen and oxygen atoms in total. The van der Waals surface area contributed by atoms with Gasteiger partial charge in [0.25, 0.3) is 0 Å². The molecule has 0 bridgehead atoms. The van der Waals surface area contributed by atoms with Crippen LogP contribution in [0.3, 0.4) is 0 Å². The van der Waals surface area contributed by atoms with Crippen LogP contribution in [0.5, 0.6) is 0 Å². The molecule has 2 aromatic heterocycles. The first-order chi connectivity index (χ1) is 14.1. The van der Waals surface area contributed by atoms with Crippen LogP contribution in [0, 0.1) is 6.92 Å². The summed E-state index contributed by atoms with van der Waals surface area (Å²) in [6.07, 6.45) is 5.95. The molecule has 1 aromatic carbocycles. The molecule has 1 N–H and O–H groups in total. The molecule has 0 radical (unpaired) electrons. The quantitative estimate of drug-likeness (QED) is 0.400. The fourth-order valence-electron chi connectivity index (χ4n) is 3.05. The molecular formula is C23H26ClN3OS. The lowest BCUT2D eigenvalue weighted by molar-refractivity contribution is 0.383. The molecule has 0 spiro atoms. The van der Waals surface area contributed by atoms with Crippen molar-refractivity contribution in [3.8, 4) is 0 Å². The highest BCUT2D eigenvalue weighted by atomic mass is 35.5. The van der Waals surface area contributed by atoms with Crippen LogP contribution in [0.25, 0.3) is 11.3 Å². The van der Waals surface area contributed by atoms with Gasteiger partial charge in [0.1, 0.15) is 0 Å². The Kier molecular flexibility index (Phi) is 7.67.